The van der Waals surface area contributed by atoms with Crippen molar-refractivity contribution in [2.24, 2.45) is 7.05 Å². The zero-order valence-corrected chi connectivity index (χ0v) is 10.8. The summed E-state index contributed by atoms with van der Waals surface area (Å²) < 4.78 is 14.9. The van der Waals surface area contributed by atoms with E-state index in [0.29, 0.717) is 17.2 Å². The molecular formula is C13H17FN4. The predicted octanol–water partition coefficient (Wildman–Crippen LogP) is 2.76. The molecule has 2 aromatic rings. The number of nitrogen functional groups attached to an aromatic ring is 1. The quantitative estimate of drug-likeness (QED) is 0.878. The fourth-order valence-corrected chi connectivity index (χ4v) is 1.86. The molecule has 0 amide bonds. The van der Waals surface area contributed by atoms with Crippen LogP contribution in [-0.4, -0.2) is 9.78 Å². The summed E-state index contributed by atoms with van der Waals surface area (Å²) >= 11 is 0. The largest absolute Gasteiger partial charge is 0.394 e. The van der Waals surface area contributed by atoms with Gasteiger partial charge in [0.25, 0.3) is 0 Å². The third-order valence-electron chi connectivity index (χ3n) is 2.95. The van der Waals surface area contributed by atoms with E-state index in [-0.39, 0.29) is 5.82 Å². The minimum absolute atomic E-state index is 0.278. The second-order valence-corrected chi connectivity index (χ2v) is 4.27. The van der Waals surface area contributed by atoms with E-state index in [9.17, 15) is 4.39 Å². The van der Waals surface area contributed by atoms with Crippen LogP contribution in [0, 0.1) is 12.7 Å². The van der Waals surface area contributed by atoms with Crippen LogP contribution < -0.4 is 11.1 Å². The maximum atomic E-state index is 13.2. The van der Waals surface area contributed by atoms with Crippen LogP contribution >= 0.6 is 0 Å². The molecule has 4 nitrogen and oxygen atoms in total. The lowest BCUT2D eigenvalue weighted by atomic mass is 10.2. The van der Waals surface area contributed by atoms with Crippen LogP contribution in [0.1, 0.15) is 18.2 Å². The van der Waals surface area contributed by atoms with Gasteiger partial charge in [0.05, 0.1) is 11.4 Å². The molecule has 5 heteroatoms. The van der Waals surface area contributed by atoms with Crippen LogP contribution in [0.25, 0.3) is 0 Å². The minimum Gasteiger partial charge on any atom is -0.394 e. The van der Waals surface area contributed by atoms with Crippen LogP contribution in [0.5, 0.6) is 0 Å². The Morgan fingerprint density at radius 3 is 2.78 bits per heavy atom. The highest BCUT2D eigenvalue weighted by Crippen LogP contribution is 2.27. The zero-order valence-electron chi connectivity index (χ0n) is 10.8. The second kappa shape index (κ2) is 4.68. The van der Waals surface area contributed by atoms with Gasteiger partial charge in [0.1, 0.15) is 5.82 Å². The van der Waals surface area contributed by atoms with Gasteiger partial charge in [-0.15, -0.1) is 0 Å². The molecule has 0 saturated heterocycles. The van der Waals surface area contributed by atoms with Gasteiger partial charge in [-0.2, -0.15) is 5.10 Å². The summed E-state index contributed by atoms with van der Waals surface area (Å²) in [6.45, 7) is 3.91. The Morgan fingerprint density at radius 1 is 1.44 bits per heavy atom. The van der Waals surface area contributed by atoms with E-state index in [4.69, 9.17) is 5.73 Å². The zero-order chi connectivity index (χ0) is 13.3. The number of aromatic nitrogens is 2. The Morgan fingerprint density at radius 2 is 2.17 bits per heavy atom. The summed E-state index contributed by atoms with van der Waals surface area (Å²) in [5.74, 6) is 0.417. The van der Waals surface area contributed by atoms with E-state index >= 15 is 0 Å². The molecule has 3 N–H and O–H groups in total. The van der Waals surface area contributed by atoms with Gasteiger partial charge in [-0.25, -0.2) is 4.39 Å². The highest BCUT2D eigenvalue weighted by atomic mass is 19.1. The number of rotatable bonds is 3. The predicted molar refractivity (Wildman–Crippen MR) is 71.4 cm³/mol. The molecule has 0 aliphatic heterocycles. The van der Waals surface area contributed by atoms with Crippen LogP contribution in [0.4, 0.5) is 21.6 Å². The highest BCUT2D eigenvalue weighted by Gasteiger charge is 2.12. The first-order chi connectivity index (χ1) is 8.52. The van der Waals surface area contributed by atoms with Crippen molar-refractivity contribution in [1.82, 2.24) is 9.78 Å². The number of nitrogens with two attached hydrogens (primary N) is 1. The summed E-state index contributed by atoms with van der Waals surface area (Å²) in [5, 5.41) is 7.45. The van der Waals surface area contributed by atoms with Gasteiger partial charge in [0.15, 0.2) is 5.82 Å². The molecule has 0 aliphatic carbocycles. The number of anilines is 3. The topological polar surface area (TPSA) is 55.9 Å². The second-order valence-electron chi connectivity index (χ2n) is 4.27. The first-order valence-corrected chi connectivity index (χ1v) is 5.87. The number of hydrogen-bond donors (Lipinski definition) is 2. The molecule has 0 unspecified atom stereocenters. The van der Waals surface area contributed by atoms with Crippen molar-refractivity contribution in [2.45, 2.75) is 20.3 Å². The number of halogens is 1. The highest BCUT2D eigenvalue weighted by molar-refractivity contribution is 5.72. The number of hydrogen-bond acceptors (Lipinski definition) is 3. The lowest BCUT2D eigenvalue weighted by molar-refractivity contribution is 0.628. The monoisotopic (exact) mass is 248 g/mol. The van der Waals surface area contributed by atoms with Crippen molar-refractivity contribution in [1.29, 1.82) is 0 Å². The van der Waals surface area contributed by atoms with Crippen molar-refractivity contribution in [3.05, 3.63) is 35.3 Å². The van der Waals surface area contributed by atoms with Crippen LogP contribution in [0.2, 0.25) is 0 Å². The fourth-order valence-electron chi connectivity index (χ4n) is 1.86. The Bertz CT molecular complexity index is 575. The van der Waals surface area contributed by atoms with E-state index in [2.05, 4.69) is 10.4 Å². The number of benzene rings is 1. The molecule has 1 aromatic carbocycles. The number of nitrogens with one attached hydrogen (secondary N) is 1. The third kappa shape index (κ3) is 2.16. The van der Waals surface area contributed by atoms with E-state index in [1.54, 1.807) is 10.7 Å². The van der Waals surface area contributed by atoms with Crippen LogP contribution in [-0.2, 0) is 13.5 Å². The van der Waals surface area contributed by atoms with Gasteiger partial charge in [-0.3, -0.25) is 4.68 Å². The van der Waals surface area contributed by atoms with Gasteiger partial charge < -0.3 is 11.1 Å². The summed E-state index contributed by atoms with van der Waals surface area (Å²) in [5.41, 5.74) is 9.12. The first-order valence-electron chi connectivity index (χ1n) is 5.87. The molecule has 0 saturated carbocycles. The summed E-state index contributed by atoms with van der Waals surface area (Å²) in [6.07, 6.45) is 0.767. The van der Waals surface area contributed by atoms with Gasteiger partial charge >= 0.3 is 0 Å². The lowest BCUT2D eigenvalue weighted by Crippen LogP contribution is -2.02. The van der Waals surface area contributed by atoms with Gasteiger partial charge in [0, 0.05) is 12.7 Å². The van der Waals surface area contributed by atoms with E-state index < -0.39 is 0 Å². The fraction of sp³-hybridized carbons (Fsp3) is 0.308. The molecule has 0 fully saturated rings. The molecule has 1 heterocycles. The maximum Gasteiger partial charge on any atom is 0.152 e. The van der Waals surface area contributed by atoms with E-state index in [1.165, 1.54) is 12.1 Å². The van der Waals surface area contributed by atoms with Gasteiger partial charge in [0.2, 0.25) is 0 Å². The molecule has 18 heavy (non-hydrogen) atoms. The average molecular weight is 248 g/mol. The van der Waals surface area contributed by atoms with Crippen LogP contribution in [0.3, 0.4) is 0 Å². The first kappa shape index (κ1) is 12.4. The molecule has 0 bridgehead atoms. The molecule has 0 aliphatic rings. The minimum atomic E-state index is -0.278. The van der Waals surface area contributed by atoms with Crippen molar-refractivity contribution >= 4 is 17.2 Å². The van der Waals surface area contributed by atoms with Crippen molar-refractivity contribution in [2.75, 3.05) is 11.1 Å². The van der Waals surface area contributed by atoms with Crippen molar-refractivity contribution < 1.29 is 4.39 Å². The smallest absolute Gasteiger partial charge is 0.152 e. The molecule has 0 spiro atoms. The van der Waals surface area contributed by atoms with E-state index in [0.717, 1.165) is 17.7 Å². The Labute approximate surface area is 106 Å². The normalized spacial score (nSPS) is 10.7. The molecule has 0 atom stereocenters. The summed E-state index contributed by atoms with van der Waals surface area (Å²) in [7, 11) is 1.81. The lowest BCUT2D eigenvalue weighted by Gasteiger charge is -2.10. The standard InChI is InChI=1S/C13H17FN4/c1-4-10-12(15)13(18(3)17-10)16-11-7-9(14)6-5-8(11)2/h5-7,16H,4,15H2,1-3H3. The van der Waals surface area contributed by atoms with Crippen molar-refractivity contribution in [3.8, 4) is 0 Å². The average Bonchev–Trinajstić information content (AvgIpc) is 2.61. The Balaban J connectivity index is 2.39. The van der Waals surface area contributed by atoms with E-state index in [1.807, 2.05) is 20.9 Å². The Kier molecular flexibility index (Phi) is 3.23. The molecule has 1 aromatic heterocycles. The third-order valence-corrected chi connectivity index (χ3v) is 2.95. The molecule has 2 rings (SSSR count). The summed E-state index contributed by atoms with van der Waals surface area (Å²) in [6, 6.07) is 4.61. The maximum absolute atomic E-state index is 13.2. The van der Waals surface area contributed by atoms with Gasteiger partial charge in [-0.1, -0.05) is 13.0 Å². The molecule has 96 valence electrons. The van der Waals surface area contributed by atoms with Crippen molar-refractivity contribution in [3.63, 3.8) is 0 Å². The van der Waals surface area contributed by atoms with Crippen LogP contribution in [0.15, 0.2) is 18.2 Å². The SMILES string of the molecule is CCc1nn(C)c(Nc2cc(F)ccc2C)c1N. The number of nitrogens with zero attached hydrogens (tertiary/aromatic N) is 2. The van der Waals surface area contributed by atoms with Gasteiger partial charge in [-0.05, 0) is 31.0 Å². The number of aryl methyl sites for hydroxylation is 3. The Hall–Kier alpha value is -2.04. The molecule has 0 radical (unpaired) electrons. The summed E-state index contributed by atoms with van der Waals surface area (Å²) in [4.78, 5) is 0. The molecular weight excluding hydrogens is 231 g/mol.